The van der Waals surface area contributed by atoms with E-state index in [1.54, 1.807) is 0 Å². The summed E-state index contributed by atoms with van der Waals surface area (Å²) in [6.45, 7) is 9.13. The van der Waals surface area contributed by atoms with Crippen molar-refractivity contribution in [1.29, 1.82) is 0 Å². The van der Waals surface area contributed by atoms with Gasteiger partial charge in [0.15, 0.2) is 0 Å². The molecule has 0 bridgehead atoms. The largest absolute Gasteiger partial charge is 0.308 e. The summed E-state index contributed by atoms with van der Waals surface area (Å²) in [5.74, 6) is 0.349. The average Bonchev–Trinajstić information content (AvgIpc) is 2.21. The molecule has 0 aliphatic heterocycles. The molecule has 3 heteroatoms. The van der Waals surface area contributed by atoms with Crippen molar-refractivity contribution in [3.63, 3.8) is 0 Å². The maximum atomic E-state index is 11.6. The molecule has 0 heterocycles. The number of rotatable bonds is 8. The van der Waals surface area contributed by atoms with Gasteiger partial charge in [0, 0.05) is 19.5 Å². The molecular formula is C12H26N2O. The van der Waals surface area contributed by atoms with Crippen LogP contribution in [0.4, 0.5) is 0 Å². The number of carbonyl (C=O) groups is 1. The molecule has 0 spiro atoms. The molecule has 0 aromatic rings. The van der Waals surface area contributed by atoms with Crippen molar-refractivity contribution in [3.05, 3.63) is 0 Å². The van der Waals surface area contributed by atoms with E-state index in [2.05, 4.69) is 30.8 Å². The molecule has 90 valence electrons. The molecule has 0 N–H and O–H groups in total. The molecule has 0 rings (SSSR count). The maximum Gasteiger partial charge on any atom is 0.149 e. The number of carbonyl (C=O) groups excluding carboxylic acids is 1. The van der Waals surface area contributed by atoms with Gasteiger partial charge >= 0.3 is 0 Å². The summed E-state index contributed by atoms with van der Waals surface area (Å²) >= 11 is 0. The summed E-state index contributed by atoms with van der Waals surface area (Å²) < 4.78 is 0. The average molecular weight is 214 g/mol. The number of ketones is 1. The SMILES string of the molecule is CCCN(CCN(C)C)C(C)C(=O)CC. The van der Waals surface area contributed by atoms with Gasteiger partial charge in [-0.3, -0.25) is 9.69 Å². The molecular weight excluding hydrogens is 188 g/mol. The molecule has 0 radical (unpaired) electrons. The van der Waals surface area contributed by atoms with Crippen molar-refractivity contribution in [2.75, 3.05) is 33.7 Å². The van der Waals surface area contributed by atoms with Crippen LogP contribution >= 0.6 is 0 Å². The first-order valence-electron chi connectivity index (χ1n) is 5.94. The fraction of sp³-hybridized carbons (Fsp3) is 0.917. The van der Waals surface area contributed by atoms with Gasteiger partial charge in [0.05, 0.1) is 6.04 Å². The zero-order valence-corrected chi connectivity index (χ0v) is 10.9. The first kappa shape index (κ1) is 14.6. The monoisotopic (exact) mass is 214 g/mol. The molecule has 1 atom stereocenters. The van der Waals surface area contributed by atoms with E-state index in [-0.39, 0.29) is 6.04 Å². The van der Waals surface area contributed by atoms with E-state index in [9.17, 15) is 4.79 Å². The fourth-order valence-corrected chi connectivity index (χ4v) is 1.61. The zero-order valence-electron chi connectivity index (χ0n) is 10.9. The van der Waals surface area contributed by atoms with Gasteiger partial charge in [-0.15, -0.1) is 0 Å². The van der Waals surface area contributed by atoms with Gasteiger partial charge in [-0.1, -0.05) is 13.8 Å². The lowest BCUT2D eigenvalue weighted by Crippen LogP contribution is -2.42. The highest BCUT2D eigenvalue weighted by molar-refractivity contribution is 5.83. The van der Waals surface area contributed by atoms with Crippen LogP contribution in [0.1, 0.15) is 33.6 Å². The van der Waals surface area contributed by atoms with Gasteiger partial charge in [0.25, 0.3) is 0 Å². The molecule has 0 fully saturated rings. The van der Waals surface area contributed by atoms with Crippen LogP contribution in [0.25, 0.3) is 0 Å². The Labute approximate surface area is 94.4 Å². The lowest BCUT2D eigenvalue weighted by Gasteiger charge is -2.28. The van der Waals surface area contributed by atoms with E-state index in [1.807, 2.05) is 13.8 Å². The second-order valence-electron chi connectivity index (χ2n) is 4.34. The Balaban J connectivity index is 4.17. The Morgan fingerprint density at radius 1 is 1.13 bits per heavy atom. The van der Waals surface area contributed by atoms with Gasteiger partial charge < -0.3 is 4.90 Å². The number of hydrogen-bond donors (Lipinski definition) is 0. The van der Waals surface area contributed by atoms with E-state index in [1.165, 1.54) is 0 Å². The molecule has 0 saturated carbocycles. The van der Waals surface area contributed by atoms with Crippen LogP contribution in [-0.2, 0) is 4.79 Å². The van der Waals surface area contributed by atoms with Gasteiger partial charge in [-0.25, -0.2) is 0 Å². The van der Waals surface area contributed by atoms with Gasteiger partial charge in [-0.2, -0.15) is 0 Å². The number of Topliss-reactive ketones (excluding diaryl/α,β-unsaturated/α-hetero) is 1. The number of likely N-dealkylation sites (N-methyl/N-ethyl adjacent to an activating group) is 1. The van der Waals surface area contributed by atoms with Gasteiger partial charge in [-0.05, 0) is 34.0 Å². The molecule has 0 aromatic carbocycles. The summed E-state index contributed by atoms with van der Waals surface area (Å²) in [6.07, 6.45) is 1.75. The minimum atomic E-state index is 0.0786. The first-order chi connectivity index (χ1) is 7.02. The Bertz CT molecular complexity index is 180. The zero-order chi connectivity index (χ0) is 11.8. The van der Waals surface area contributed by atoms with Crippen molar-refractivity contribution in [2.24, 2.45) is 0 Å². The highest BCUT2D eigenvalue weighted by atomic mass is 16.1. The van der Waals surface area contributed by atoms with E-state index in [0.29, 0.717) is 12.2 Å². The predicted octanol–water partition coefficient (Wildman–Crippen LogP) is 1.63. The van der Waals surface area contributed by atoms with E-state index in [4.69, 9.17) is 0 Å². The van der Waals surface area contributed by atoms with E-state index in [0.717, 1.165) is 26.1 Å². The minimum absolute atomic E-state index is 0.0786. The highest BCUT2D eigenvalue weighted by Crippen LogP contribution is 2.04. The third kappa shape index (κ3) is 5.90. The maximum absolute atomic E-state index is 11.6. The summed E-state index contributed by atoms with van der Waals surface area (Å²) in [4.78, 5) is 16.1. The minimum Gasteiger partial charge on any atom is -0.308 e. The molecule has 0 amide bonds. The normalized spacial score (nSPS) is 13.5. The van der Waals surface area contributed by atoms with Crippen molar-refractivity contribution in [2.45, 2.75) is 39.7 Å². The van der Waals surface area contributed by atoms with Crippen LogP contribution < -0.4 is 0 Å². The Morgan fingerprint density at radius 2 is 1.73 bits per heavy atom. The quantitative estimate of drug-likeness (QED) is 0.613. The summed E-state index contributed by atoms with van der Waals surface area (Å²) in [6, 6.07) is 0.0786. The van der Waals surface area contributed by atoms with Crippen LogP contribution in [-0.4, -0.2) is 55.4 Å². The Morgan fingerprint density at radius 3 is 2.13 bits per heavy atom. The van der Waals surface area contributed by atoms with Gasteiger partial charge in [0.1, 0.15) is 5.78 Å². The first-order valence-corrected chi connectivity index (χ1v) is 5.94. The Kier molecular flexibility index (Phi) is 7.61. The van der Waals surface area contributed by atoms with Crippen LogP contribution in [0.3, 0.4) is 0 Å². The number of hydrogen-bond acceptors (Lipinski definition) is 3. The molecule has 15 heavy (non-hydrogen) atoms. The summed E-state index contributed by atoms with van der Waals surface area (Å²) in [5.41, 5.74) is 0. The Hall–Kier alpha value is -0.410. The molecule has 0 saturated heterocycles. The molecule has 1 unspecified atom stereocenters. The predicted molar refractivity (Wildman–Crippen MR) is 65.2 cm³/mol. The lowest BCUT2D eigenvalue weighted by molar-refractivity contribution is -0.123. The standard InChI is InChI=1S/C12H26N2O/c1-6-8-14(10-9-13(4)5)11(3)12(15)7-2/h11H,6-10H2,1-5H3. The van der Waals surface area contributed by atoms with Crippen molar-refractivity contribution in [3.8, 4) is 0 Å². The smallest absolute Gasteiger partial charge is 0.149 e. The lowest BCUT2D eigenvalue weighted by atomic mass is 10.1. The van der Waals surface area contributed by atoms with Crippen LogP contribution in [0.2, 0.25) is 0 Å². The van der Waals surface area contributed by atoms with Crippen LogP contribution in [0.15, 0.2) is 0 Å². The summed E-state index contributed by atoms with van der Waals surface area (Å²) in [5, 5.41) is 0. The van der Waals surface area contributed by atoms with Gasteiger partial charge in [0.2, 0.25) is 0 Å². The fourth-order valence-electron chi connectivity index (χ4n) is 1.61. The third-order valence-corrected chi connectivity index (χ3v) is 2.71. The summed E-state index contributed by atoms with van der Waals surface area (Å²) in [7, 11) is 4.13. The van der Waals surface area contributed by atoms with Crippen molar-refractivity contribution in [1.82, 2.24) is 9.80 Å². The number of nitrogens with zero attached hydrogens (tertiary/aromatic N) is 2. The molecule has 0 aromatic heterocycles. The molecule has 3 nitrogen and oxygen atoms in total. The van der Waals surface area contributed by atoms with E-state index >= 15 is 0 Å². The second-order valence-corrected chi connectivity index (χ2v) is 4.34. The topological polar surface area (TPSA) is 23.6 Å². The van der Waals surface area contributed by atoms with Crippen LogP contribution in [0.5, 0.6) is 0 Å². The second kappa shape index (κ2) is 7.83. The van der Waals surface area contributed by atoms with Crippen molar-refractivity contribution < 1.29 is 4.79 Å². The molecule has 0 aliphatic rings. The third-order valence-electron chi connectivity index (χ3n) is 2.71. The molecule has 0 aliphatic carbocycles. The highest BCUT2D eigenvalue weighted by Gasteiger charge is 2.18. The van der Waals surface area contributed by atoms with Crippen LogP contribution in [0, 0.1) is 0 Å². The van der Waals surface area contributed by atoms with Crippen molar-refractivity contribution >= 4 is 5.78 Å². The van der Waals surface area contributed by atoms with E-state index < -0.39 is 0 Å².